The Kier molecular flexibility index (Phi) is 5.98. The van der Waals surface area contributed by atoms with E-state index in [4.69, 9.17) is 4.74 Å². The van der Waals surface area contributed by atoms with Crippen LogP contribution in [0.15, 0.2) is 53.9 Å². The number of amides is 1. The molecular weight excluding hydrogens is 360 g/mol. The highest BCUT2D eigenvalue weighted by atomic mass is 32.1. The minimum absolute atomic E-state index is 0.0418. The number of rotatable bonds is 6. The third-order valence-corrected chi connectivity index (χ3v) is 4.82. The molecule has 1 heterocycles. The molecule has 3 rings (SSSR count). The lowest BCUT2D eigenvalue weighted by Crippen LogP contribution is -2.21. The molecule has 2 aromatic carbocycles. The van der Waals surface area contributed by atoms with E-state index in [0.29, 0.717) is 11.4 Å². The number of hydrogen-bond donors (Lipinski definition) is 1. The topological polar surface area (TPSA) is 68.3 Å². The second-order valence-electron chi connectivity index (χ2n) is 6.26. The summed E-state index contributed by atoms with van der Waals surface area (Å²) in [6, 6.07) is 15.5. The van der Waals surface area contributed by atoms with E-state index in [2.05, 4.69) is 10.3 Å². The van der Waals surface area contributed by atoms with Gasteiger partial charge in [-0.3, -0.25) is 9.59 Å². The summed E-state index contributed by atoms with van der Waals surface area (Å²) in [5.74, 6) is -0.847. The van der Waals surface area contributed by atoms with Crippen molar-refractivity contribution in [3.05, 3.63) is 70.7 Å². The largest absolute Gasteiger partial charge is 0.455 e. The Bertz CT molecular complexity index is 931. The van der Waals surface area contributed by atoms with Crippen LogP contribution in [0.2, 0.25) is 0 Å². The third-order valence-electron chi connectivity index (χ3n) is 3.88. The number of anilines is 1. The molecule has 0 unspecified atom stereocenters. The molecule has 3 aromatic rings. The first-order chi connectivity index (χ1) is 13.0. The van der Waals surface area contributed by atoms with E-state index in [1.54, 1.807) is 12.1 Å². The molecular formula is C21H20N2O3S. The van der Waals surface area contributed by atoms with Crippen molar-refractivity contribution in [2.24, 2.45) is 0 Å². The van der Waals surface area contributed by atoms with Crippen molar-refractivity contribution in [1.82, 2.24) is 4.98 Å². The molecule has 0 fully saturated rings. The Morgan fingerprint density at radius 3 is 2.30 bits per heavy atom. The van der Waals surface area contributed by atoms with Gasteiger partial charge in [0.15, 0.2) is 6.61 Å². The van der Waals surface area contributed by atoms with Gasteiger partial charge in [0.1, 0.15) is 5.01 Å². The summed E-state index contributed by atoms with van der Waals surface area (Å²) in [5.41, 5.74) is 4.61. The number of carbonyl (C=O) groups excluding carboxylic acids is 2. The number of aromatic nitrogens is 1. The number of nitrogens with one attached hydrogen (secondary N) is 1. The van der Waals surface area contributed by atoms with Crippen LogP contribution in [-0.2, 0) is 20.7 Å². The number of esters is 1. The Hall–Kier alpha value is -2.99. The highest BCUT2D eigenvalue weighted by molar-refractivity contribution is 7.13. The number of carbonyl (C=O) groups is 2. The fourth-order valence-corrected chi connectivity index (χ4v) is 3.22. The van der Waals surface area contributed by atoms with Crippen LogP contribution < -0.4 is 5.32 Å². The summed E-state index contributed by atoms with van der Waals surface area (Å²) in [4.78, 5) is 28.3. The second kappa shape index (κ2) is 8.60. The number of nitrogens with zero attached hydrogens (tertiary/aromatic N) is 1. The van der Waals surface area contributed by atoms with Gasteiger partial charge in [-0.15, -0.1) is 11.3 Å². The molecule has 5 nitrogen and oxygen atoms in total. The van der Waals surface area contributed by atoms with Crippen LogP contribution in [0.25, 0.3) is 10.6 Å². The number of hydrogen-bond acceptors (Lipinski definition) is 5. The minimum atomic E-state index is -0.477. The van der Waals surface area contributed by atoms with Gasteiger partial charge in [0.25, 0.3) is 5.91 Å². The molecule has 0 radical (unpaired) electrons. The molecule has 0 aliphatic heterocycles. The van der Waals surface area contributed by atoms with Crippen LogP contribution in [0, 0.1) is 13.8 Å². The Balaban J connectivity index is 1.48. The van der Waals surface area contributed by atoms with Gasteiger partial charge in [0.2, 0.25) is 0 Å². The van der Waals surface area contributed by atoms with Crippen molar-refractivity contribution >= 4 is 28.9 Å². The van der Waals surface area contributed by atoms with Crippen LogP contribution in [0.4, 0.5) is 5.69 Å². The molecule has 0 spiro atoms. The monoisotopic (exact) mass is 380 g/mol. The highest BCUT2D eigenvalue weighted by Crippen LogP contribution is 2.24. The van der Waals surface area contributed by atoms with Gasteiger partial charge in [0.05, 0.1) is 12.1 Å². The number of ether oxygens (including phenoxy) is 1. The zero-order valence-electron chi connectivity index (χ0n) is 15.2. The molecule has 1 aromatic heterocycles. The summed E-state index contributed by atoms with van der Waals surface area (Å²) >= 11 is 1.48. The fourth-order valence-electron chi connectivity index (χ4n) is 2.40. The minimum Gasteiger partial charge on any atom is -0.455 e. The molecule has 1 amide bonds. The maximum Gasteiger partial charge on any atom is 0.312 e. The average molecular weight is 380 g/mol. The van der Waals surface area contributed by atoms with Crippen LogP contribution in [-0.4, -0.2) is 23.5 Å². The van der Waals surface area contributed by atoms with Gasteiger partial charge in [-0.05, 0) is 26.0 Å². The molecule has 0 aliphatic rings. The van der Waals surface area contributed by atoms with Crippen molar-refractivity contribution < 1.29 is 14.3 Å². The lowest BCUT2D eigenvalue weighted by Gasteiger charge is -2.06. The molecule has 0 aliphatic carbocycles. The molecule has 0 saturated heterocycles. The maximum atomic E-state index is 12.0. The smallest absolute Gasteiger partial charge is 0.312 e. The van der Waals surface area contributed by atoms with E-state index in [-0.39, 0.29) is 18.9 Å². The van der Waals surface area contributed by atoms with Crippen LogP contribution in [0.5, 0.6) is 0 Å². The first-order valence-corrected chi connectivity index (χ1v) is 9.41. The van der Waals surface area contributed by atoms with Crippen molar-refractivity contribution in [2.45, 2.75) is 20.3 Å². The zero-order valence-corrected chi connectivity index (χ0v) is 16.0. The first-order valence-electron chi connectivity index (χ1n) is 8.53. The summed E-state index contributed by atoms with van der Waals surface area (Å²) in [5, 5.41) is 5.38. The van der Waals surface area contributed by atoms with E-state index < -0.39 is 5.97 Å². The maximum absolute atomic E-state index is 12.0. The van der Waals surface area contributed by atoms with Gasteiger partial charge < -0.3 is 10.1 Å². The standard InChI is InChI=1S/C21H20N2O3S/c1-14-3-7-16(8-4-14)21-23-18(13-27-21)11-20(25)26-12-19(24)22-17-9-5-15(2)6-10-17/h3-10,13H,11-12H2,1-2H3,(H,22,24). The summed E-state index contributed by atoms with van der Waals surface area (Å²) in [7, 11) is 0. The SMILES string of the molecule is Cc1ccc(NC(=O)COC(=O)Cc2csc(-c3ccc(C)cc3)n2)cc1. The lowest BCUT2D eigenvalue weighted by molar-refractivity contribution is -0.146. The van der Waals surface area contributed by atoms with E-state index in [1.807, 2.05) is 55.6 Å². The quantitative estimate of drug-likeness (QED) is 0.652. The Morgan fingerprint density at radius 2 is 1.63 bits per heavy atom. The first kappa shape index (κ1) is 18.8. The van der Waals surface area contributed by atoms with E-state index >= 15 is 0 Å². The van der Waals surface area contributed by atoms with Crippen molar-refractivity contribution in [3.8, 4) is 10.6 Å². The summed E-state index contributed by atoms with van der Waals surface area (Å²) < 4.78 is 5.05. The number of benzene rings is 2. The lowest BCUT2D eigenvalue weighted by atomic mass is 10.2. The number of aryl methyl sites for hydroxylation is 2. The van der Waals surface area contributed by atoms with Crippen molar-refractivity contribution in [2.75, 3.05) is 11.9 Å². The predicted molar refractivity (Wildman–Crippen MR) is 107 cm³/mol. The molecule has 0 saturated carbocycles. The molecule has 0 atom stereocenters. The van der Waals surface area contributed by atoms with Gasteiger partial charge in [0, 0.05) is 16.6 Å². The van der Waals surface area contributed by atoms with E-state index in [9.17, 15) is 9.59 Å². The highest BCUT2D eigenvalue weighted by Gasteiger charge is 2.12. The molecule has 1 N–H and O–H groups in total. The van der Waals surface area contributed by atoms with Gasteiger partial charge in [-0.1, -0.05) is 47.5 Å². The number of thiazole rings is 1. The van der Waals surface area contributed by atoms with E-state index in [1.165, 1.54) is 16.9 Å². The molecule has 27 heavy (non-hydrogen) atoms. The van der Waals surface area contributed by atoms with Crippen LogP contribution >= 0.6 is 11.3 Å². The van der Waals surface area contributed by atoms with Crippen LogP contribution in [0.1, 0.15) is 16.8 Å². The Labute approximate surface area is 162 Å². The summed E-state index contributed by atoms with van der Waals surface area (Å²) in [6.07, 6.45) is 0.0418. The third kappa shape index (κ3) is 5.49. The predicted octanol–water partition coefficient (Wildman–Crippen LogP) is 4.15. The average Bonchev–Trinajstić information content (AvgIpc) is 3.11. The van der Waals surface area contributed by atoms with Gasteiger partial charge in [-0.2, -0.15) is 0 Å². The summed E-state index contributed by atoms with van der Waals surface area (Å²) in [6.45, 7) is 3.68. The van der Waals surface area contributed by atoms with Crippen molar-refractivity contribution in [3.63, 3.8) is 0 Å². The van der Waals surface area contributed by atoms with Crippen LogP contribution in [0.3, 0.4) is 0 Å². The van der Waals surface area contributed by atoms with Gasteiger partial charge in [-0.25, -0.2) is 4.98 Å². The molecule has 138 valence electrons. The normalized spacial score (nSPS) is 10.4. The molecule has 6 heteroatoms. The molecule has 0 bridgehead atoms. The van der Waals surface area contributed by atoms with E-state index in [0.717, 1.165) is 16.1 Å². The van der Waals surface area contributed by atoms with Crippen molar-refractivity contribution in [1.29, 1.82) is 0 Å². The zero-order chi connectivity index (χ0) is 19.2. The fraction of sp³-hybridized carbons (Fsp3) is 0.190. The Morgan fingerprint density at radius 1 is 1.00 bits per heavy atom. The second-order valence-corrected chi connectivity index (χ2v) is 7.12. The van der Waals surface area contributed by atoms with Gasteiger partial charge >= 0.3 is 5.97 Å².